The van der Waals surface area contributed by atoms with Gasteiger partial charge in [0, 0.05) is 13.0 Å². The van der Waals surface area contributed by atoms with E-state index in [2.05, 4.69) is 31.4 Å². The minimum absolute atomic E-state index is 0.149. The van der Waals surface area contributed by atoms with E-state index in [0.29, 0.717) is 12.5 Å². The van der Waals surface area contributed by atoms with Gasteiger partial charge in [0.1, 0.15) is 12.1 Å². The van der Waals surface area contributed by atoms with Crippen molar-refractivity contribution in [1.82, 2.24) is 10.6 Å². The number of unbranched alkanes of at least 4 members (excludes halogenated alkanes) is 1. The molecule has 1 amide bonds. The number of hydrogen-bond donors (Lipinski definition) is 2. The fraction of sp³-hybridized carbons (Fsp3) is 0.719. The highest BCUT2D eigenvalue weighted by Crippen LogP contribution is 2.41. The second-order valence-electron chi connectivity index (χ2n) is 12.2. The SMILES string of the molecule is CNCCCCOC1C(Cl)CC(C(=O)N[C@@H](Cc2ccccc2)C(=O)OC)C(OC(=O)C2C(C)CC(C)CC2C)C1Cl. The highest BCUT2D eigenvalue weighted by Gasteiger charge is 2.50. The first-order valence-electron chi connectivity index (χ1n) is 15.2. The summed E-state index contributed by atoms with van der Waals surface area (Å²) < 4.78 is 17.3. The molecule has 0 heterocycles. The van der Waals surface area contributed by atoms with Gasteiger partial charge in [0.15, 0.2) is 0 Å². The van der Waals surface area contributed by atoms with E-state index in [1.54, 1.807) is 0 Å². The third-order valence-corrected chi connectivity index (χ3v) is 9.63. The molecule has 0 aromatic heterocycles. The van der Waals surface area contributed by atoms with Crippen molar-refractivity contribution < 1.29 is 28.6 Å². The fourth-order valence-corrected chi connectivity index (χ4v) is 7.67. The van der Waals surface area contributed by atoms with Crippen LogP contribution >= 0.6 is 23.2 Å². The predicted octanol–water partition coefficient (Wildman–Crippen LogP) is 4.74. The molecule has 0 bridgehead atoms. The molecule has 8 nitrogen and oxygen atoms in total. The Labute approximate surface area is 260 Å². The largest absolute Gasteiger partial charge is 0.467 e. The number of amides is 1. The Morgan fingerprint density at radius 2 is 1.64 bits per heavy atom. The van der Waals surface area contributed by atoms with Crippen LogP contribution in [0.2, 0.25) is 0 Å². The average molecular weight is 628 g/mol. The van der Waals surface area contributed by atoms with Crippen molar-refractivity contribution in [3.05, 3.63) is 35.9 Å². The second kappa shape index (κ2) is 16.8. The maximum Gasteiger partial charge on any atom is 0.328 e. The quantitative estimate of drug-likeness (QED) is 0.185. The standard InChI is InChI=1S/C32H48Cl2N2O6/c1-19-15-20(2)26(21(3)16-19)32(39)42-28-23(18-24(33)29(27(28)34)41-14-10-9-13-35-4)30(37)36-25(31(38)40-5)17-22-11-7-6-8-12-22/h6-8,11-12,19-21,23-29,35H,9-10,13-18H2,1-5H3,(H,36,37)/t19?,20?,21?,23?,24?,25-,26?,27?,28?,29?/m0/s1. The van der Waals surface area contributed by atoms with Crippen LogP contribution in [0.5, 0.6) is 0 Å². The topological polar surface area (TPSA) is 103 Å². The lowest BCUT2D eigenvalue weighted by atomic mass is 9.69. The first-order chi connectivity index (χ1) is 20.1. The van der Waals surface area contributed by atoms with Crippen LogP contribution in [-0.2, 0) is 35.0 Å². The smallest absolute Gasteiger partial charge is 0.328 e. The van der Waals surface area contributed by atoms with Crippen LogP contribution in [0.4, 0.5) is 0 Å². The number of carbonyl (C=O) groups is 3. The van der Waals surface area contributed by atoms with Crippen molar-refractivity contribution in [3.8, 4) is 0 Å². The summed E-state index contributed by atoms with van der Waals surface area (Å²) in [6.45, 7) is 7.69. The molecule has 2 aliphatic carbocycles. The lowest BCUT2D eigenvalue weighted by Crippen LogP contribution is -2.58. The maximum absolute atomic E-state index is 13.8. The Morgan fingerprint density at radius 1 is 0.976 bits per heavy atom. The van der Waals surface area contributed by atoms with Gasteiger partial charge >= 0.3 is 11.9 Å². The van der Waals surface area contributed by atoms with E-state index in [-0.39, 0.29) is 36.6 Å². The fourth-order valence-electron chi connectivity index (χ4n) is 6.70. The molecule has 3 rings (SSSR count). The minimum Gasteiger partial charge on any atom is -0.467 e. The van der Waals surface area contributed by atoms with E-state index >= 15 is 0 Å². The van der Waals surface area contributed by atoms with Crippen LogP contribution in [0.15, 0.2) is 30.3 Å². The number of halogens is 2. The molecule has 1 aromatic rings. The highest BCUT2D eigenvalue weighted by atomic mass is 35.5. The highest BCUT2D eigenvalue weighted by molar-refractivity contribution is 6.25. The number of benzene rings is 1. The van der Waals surface area contributed by atoms with E-state index in [1.165, 1.54) is 7.11 Å². The summed E-state index contributed by atoms with van der Waals surface area (Å²) in [4.78, 5) is 40.2. The van der Waals surface area contributed by atoms with E-state index < -0.39 is 46.8 Å². The Bertz CT molecular complexity index is 1000. The molecule has 0 saturated heterocycles. The maximum atomic E-state index is 13.8. The van der Waals surface area contributed by atoms with Gasteiger partial charge in [-0.2, -0.15) is 0 Å². The second-order valence-corrected chi connectivity index (χ2v) is 13.2. The molecule has 1 aromatic carbocycles. The Kier molecular flexibility index (Phi) is 13.9. The van der Waals surface area contributed by atoms with Crippen LogP contribution in [0.1, 0.15) is 58.4 Å². The number of methoxy groups -OCH3 is 1. The summed E-state index contributed by atoms with van der Waals surface area (Å²) in [6.07, 6.45) is 2.47. The van der Waals surface area contributed by atoms with Crippen molar-refractivity contribution in [2.75, 3.05) is 27.3 Å². The van der Waals surface area contributed by atoms with Crippen LogP contribution < -0.4 is 10.6 Å². The van der Waals surface area contributed by atoms with Crippen molar-refractivity contribution in [3.63, 3.8) is 0 Å². The van der Waals surface area contributed by atoms with Gasteiger partial charge in [0.2, 0.25) is 5.91 Å². The minimum atomic E-state index is -0.967. The molecule has 0 spiro atoms. The summed E-state index contributed by atoms with van der Waals surface area (Å²) in [7, 11) is 3.18. The van der Waals surface area contributed by atoms with Crippen molar-refractivity contribution >= 4 is 41.0 Å². The van der Waals surface area contributed by atoms with Gasteiger partial charge in [-0.05, 0) is 69.0 Å². The molecule has 2 saturated carbocycles. The average Bonchev–Trinajstić information content (AvgIpc) is 2.95. The summed E-state index contributed by atoms with van der Waals surface area (Å²) in [5.41, 5.74) is 0.867. The third-order valence-electron chi connectivity index (χ3n) is 8.71. The van der Waals surface area contributed by atoms with Gasteiger partial charge < -0.3 is 24.8 Å². The van der Waals surface area contributed by atoms with Crippen LogP contribution in [-0.4, -0.2) is 74.2 Å². The number of esters is 2. The zero-order valence-corrected chi connectivity index (χ0v) is 27.0. The molecule has 2 fully saturated rings. The molecule has 7 unspecified atom stereocenters. The van der Waals surface area contributed by atoms with Gasteiger partial charge in [-0.25, -0.2) is 4.79 Å². The number of alkyl halides is 2. The summed E-state index contributed by atoms with van der Waals surface area (Å²) in [5.74, 6) is -1.69. The molecular formula is C32H48Cl2N2O6. The van der Waals surface area contributed by atoms with Crippen LogP contribution in [0.25, 0.3) is 0 Å². The van der Waals surface area contributed by atoms with Crippen molar-refractivity contribution in [1.29, 1.82) is 0 Å². The number of carbonyl (C=O) groups excluding carboxylic acids is 3. The summed E-state index contributed by atoms with van der Waals surface area (Å²) >= 11 is 13.8. The van der Waals surface area contributed by atoms with Crippen molar-refractivity contribution in [2.45, 2.75) is 88.3 Å². The lowest BCUT2D eigenvalue weighted by molar-refractivity contribution is -0.169. The zero-order valence-electron chi connectivity index (χ0n) is 25.5. The Balaban J connectivity index is 1.81. The van der Waals surface area contributed by atoms with Gasteiger partial charge in [0.05, 0.1) is 35.8 Å². The summed E-state index contributed by atoms with van der Waals surface area (Å²) in [6, 6.07) is 8.44. The van der Waals surface area contributed by atoms with Gasteiger partial charge in [-0.1, -0.05) is 51.1 Å². The number of ether oxygens (including phenoxy) is 3. The predicted molar refractivity (Wildman–Crippen MR) is 164 cm³/mol. The molecule has 236 valence electrons. The molecule has 0 aliphatic heterocycles. The van der Waals surface area contributed by atoms with Crippen molar-refractivity contribution in [2.24, 2.45) is 29.6 Å². The first kappa shape index (κ1) is 34.6. The molecule has 8 atom stereocenters. The number of nitrogens with one attached hydrogen (secondary N) is 2. The van der Waals surface area contributed by atoms with E-state index in [4.69, 9.17) is 37.4 Å². The zero-order chi connectivity index (χ0) is 30.8. The number of hydrogen-bond acceptors (Lipinski definition) is 7. The molecule has 42 heavy (non-hydrogen) atoms. The Hall–Kier alpha value is -1.87. The third kappa shape index (κ3) is 9.31. The first-order valence-corrected chi connectivity index (χ1v) is 16.1. The lowest BCUT2D eigenvalue weighted by Gasteiger charge is -2.43. The Morgan fingerprint density at radius 3 is 2.26 bits per heavy atom. The van der Waals surface area contributed by atoms with Crippen LogP contribution in [0, 0.1) is 29.6 Å². The molecular weight excluding hydrogens is 579 g/mol. The summed E-state index contributed by atoms with van der Waals surface area (Å²) in [5, 5.41) is 4.53. The van der Waals surface area contributed by atoms with Crippen LogP contribution in [0.3, 0.4) is 0 Å². The van der Waals surface area contributed by atoms with Gasteiger partial charge in [0.25, 0.3) is 0 Å². The van der Waals surface area contributed by atoms with Gasteiger partial charge in [-0.15, -0.1) is 23.2 Å². The molecule has 2 N–H and O–H groups in total. The normalized spacial score (nSPS) is 32.0. The number of rotatable bonds is 13. The van der Waals surface area contributed by atoms with E-state index in [1.807, 2.05) is 37.4 Å². The van der Waals surface area contributed by atoms with E-state index in [0.717, 1.165) is 37.8 Å². The monoisotopic (exact) mass is 626 g/mol. The molecule has 10 heteroatoms. The van der Waals surface area contributed by atoms with E-state index in [9.17, 15) is 14.4 Å². The molecule has 0 radical (unpaired) electrons. The molecule has 2 aliphatic rings. The van der Waals surface area contributed by atoms with Gasteiger partial charge in [-0.3, -0.25) is 9.59 Å².